The van der Waals surface area contributed by atoms with Crippen LogP contribution in [0, 0.1) is 11.3 Å². The lowest BCUT2D eigenvalue weighted by atomic mass is 9.93. The molecular formula is C17H15ClN2. The molecular weight excluding hydrogens is 268 g/mol. The summed E-state index contributed by atoms with van der Waals surface area (Å²) in [5.41, 5.74) is 7.19. The molecule has 0 spiro atoms. The van der Waals surface area contributed by atoms with Gasteiger partial charge in [0.05, 0.1) is 12.5 Å². The van der Waals surface area contributed by atoms with Gasteiger partial charge in [0.15, 0.2) is 0 Å². The van der Waals surface area contributed by atoms with Crippen molar-refractivity contribution < 1.29 is 0 Å². The average molecular weight is 283 g/mol. The molecule has 0 aliphatic carbocycles. The quantitative estimate of drug-likeness (QED) is 0.711. The van der Waals surface area contributed by atoms with Crippen LogP contribution in [0.3, 0.4) is 0 Å². The third-order valence-corrected chi connectivity index (χ3v) is 3.51. The van der Waals surface area contributed by atoms with Gasteiger partial charge >= 0.3 is 0 Å². The Kier molecular flexibility index (Phi) is 4.24. The number of hydrogen-bond acceptors (Lipinski definition) is 2. The highest BCUT2D eigenvalue weighted by molar-refractivity contribution is 6.09. The highest BCUT2D eigenvalue weighted by Crippen LogP contribution is 2.31. The third-order valence-electron chi connectivity index (χ3n) is 3.51. The lowest BCUT2D eigenvalue weighted by molar-refractivity contribution is 0.756. The lowest BCUT2D eigenvalue weighted by Crippen LogP contribution is -2.09. The molecule has 0 fully saturated rings. The average Bonchev–Trinajstić information content (AvgIpc) is 2.46. The van der Waals surface area contributed by atoms with E-state index in [9.17, 15) is 0 Å². The summed E-state index contributed by atoms with van der Waals surface area (Å²) in [6, 6.07) is 20.5. The van der Waals surface area contributed by atoms with Gasteiger partial charge in [-0.05, 0) is 33.2 Å². The minimum absolute atomic E-state index is 0. The van der Waals surface area contributed by atoms with Gasteiger partial charge in [-0.25, -0.2) is 0 Å². The molecule has 2 N–H and O–H groups in total. The molecule has 0 aliphatic heterocycles. The number of nitrogens with zero attached hydrogens (tertiary/aromatic N) is 1. The number of fused-ring (bicyclic) bond motifs is 3. The fourth-order valence-electron chi connectivity index (χ4n) is 2.60. The largest absolute Gasteiger partial charge is 0.323 e. The monoisotopic (exact) mass is 282 g/mol. The minimum Gasteiger partial charge on any atom is -0.323 e. The summed E-state index contributed by atoms with van der Waals surface area (Å²) in [7, 11) is 0. The standard InChI is InChI=1S/C17H14N2.ClH/c18-10-9-17(19)16-11-12-5-1-2-6-13(12)14-7-3-4-8-15(14)16;/h1-8,11,17H,9,19H2;1H/t17-;/m0./s1. The highest BCUT2D eigenvalue weighted by atomic mass is 35.5. The Morgan fingerprint density at radius 1 is 0.950 bits per heavy atom. The molecule has 0 aromatic heterocycles. The van der Waals surface area contributed by atoms with E-state index in [0.717, 1.165) is 10.9 Å². The van der Waals surface area contributed by atoms with Crippen molar-refractivity contribution in [2.45, 2.75) is 12.5 Å². The van der Waals surface area contributed by atoms with Crippen molar-refractivity contribution in [3.63, 3.8) is 0 Å². The van der Waals surface area contributed by atoms with Crippen LogP contribution >= 0.6 is 12.4 Å². The molecule has 0 aliphatic rings. The van der Waals surface area contributed by atoms with Crippen LogP contribution in [0.25, 0.3) is 21.5 Å². The number of rotatable bonds is 2. The molecule has 20 heavy (non-hydrogen) atoms. The smallest absolute Gasteiger partial charge is 0.0641 e. The number of halogens is 1. The van der Waals surface area contributed by atoms with Crippen molar-refractivity contribution >= 4 is 34.0 Å². The molecule has 3 aromatic carbocycles. The van der Waals surface area contributed by atoms with E-state index < -0.39 is 0 Å². The summed E-state index contributed by atoms with van der Waals surface area (Å²) in [6.07, 6.45) is 0.336. The fourth-order valence-corrected chi connectivity index (χ4v) is 2.60. The summed E-state index contributed by atoms with van der Waals surface area (Å²) >= 11 is 0. The summed E-state index contributed by atoms with van der Waals surface area (Å²) in [6.45, 7) is 0. The number of benzene rings is 3. The van der Waals surface area contributed by atoms with E-state index >= 15 is 0 Å². The normalized spacial score (nSPS) is 11.8. The maximum Gasteiger partial charge on any atom is 0.0641 e. The predicted molar refractivity (Wildman–Crippen MR) is 85.9 cm³/mol. The van der Waals surface area contributed by atoms with E-state index in [2.05, 4.69) is 36.4 Å². The van der Waals surface area contributed by atoms with Crippen LogP contribution in [0.5, 0.6) is 0 Å². The van der Waals surface area contributed by atoms with Gasteiger partial charge in [-0.15, -0.1) is 12.4 Å². The molecule has 0 radical (unpaired) electrons. The van der Waals surface area contributed by atoms with Gasteiger partial charge in [-0.2, -0.15) is 5.26 Å². The Morgan fingerprint density at radius 3 is 2.25 bits per heavy atom. The Bertz CT molecular complexity index is 790. The van der Waals surface area contributed by atoms with Crippen LogP contribution in [0.1, 0.15) is 18.0 Å². The molecule has 3 rings (SSSR count). The molecule has 0 amide bonds. The molecule has 0 saturated heterocycles. The van der Waals surface area contributed by atoms with Gasteiger partial charge < -0.3 is 5.73 Å². The maximum absolute atomic E-state index is 8.85. The molecule has 0 saturated carbocycles. The zero-order valence-electron chi connectivity index (χ0n) is 10.9. The van der Waals surface area contributed by atoms with Gasteiger partial charge in [0, 0.05) is 6.04 Å². The maximum atomic E-state index is 8.85. The first-order chi connectivity index (χ1) is 9.31. The summed E-state index contributed by atoms with van der Waals surface area (Å²) in [5.74, 6) is 0. The van der Waals surface area contributed by atoms with Crippen molar-refractivity contribution in [3.8, 4) is 6.07 Å². The summed E-state index contributed by atoms with van der Waals surface area (Å²) in [4.78, 5) is 0. The zero-order valence-corrected chi connectivity index (χ0v) is 11.7. The van der Waals surface area contributed by atoms with Gasteiger partial charge in [-0.3, -0.25) is 0 Å². The van der Waals surface area contributed by atoms with Crippen LogP contribution in [0.4, 0.5) is 0 Å². The summed E-state index contributed by atoms with van der Waals surface area (Å²) in [5, 5.41) is 13.6. The first-order valence-corrected chi connectivity index (χ1v) is 6.34. The Balaban J connectivity index is 0.00000147. The second-order valence-electron chi connectivity index (χ2n) is 4.70. The molecule has 0 unspecified atom stereocenters. The minimum atomic E-state index is -0.237. The van der Waals surface area contributed by atoms with Gasteiger partial charge in [0.25, 0.3) is 0 Å². The Morgan fingerprint density at radius 2 is 1.55 bits per heavy atom. The molecule has 0 bridgehead atoms. The van der Waals surface area contributed by atoms with E-state index in [0.29, 0.717) is 6.42 Å². The topological polar surface area (TPSA) is 49.8 Å². The second kappa shape index (κ2) is 5.92. The van der Waals surface area contributed by atoms with Gasteiger partial charge in [-0.1, -0.05) is 48.5 Å². The first-order valence-electron chi connectivity index (χ1n) is 6.34. The van der Waals surface area contributed by atoms with E-state index in [1.54, 1.807) is 0 Å². The van der Waals surface area contributed by atoms with Crippen molar-refractivity contribution in [1.82, 2.24) is 0 Å². The van der Waals surface area contributed by atoms with Crippen molar-refractivity contribution in [2.24, 2.45) is 5.73 Å². The van der Waals surface area contributed by atoms with Crippen LogP contribution in [0.15, 0.2) is 54.6 Å². The Labute approximate surface area is 124 Å². The zero-order chi connectivity index (χ0) is 13.2. The van der Waals surface area contributed by atoms with Crippen molar-refractivity contribution in [1.29, 1.82) is 5.26 Å². The predicted octanol–water partition coefficient (Wildman–Crippen LogP) is 4.33. The van der Waals surface area contributed by atoms with E-state index in [1.165, 1.54) is 16.2 Å². The number of hydrogen-bond donors (Lipinski definition) is 1. The van der Waals surface area contributed by atoms with Gasteiger partial charge in [0.1, 0.15) is 0 Å². The van der Waals surface area contributed by atoms with Crippen LogP contribution in [0.2, 0.25) is 0 Å². The third kappa shape index (κ3) is 2.34. The van der Waals surface area contributed by atoms with Gasteiger partial charge in [0.2, 0.25) is 0 Å². The van der Waals surface area contributed by atoms with Crippen LogP contribution < -0.4 is 5.73 Å². The molecule has 0 heterocycles. The molecule has 2 nitrogen and oxygen atoms in total. The molecule has 1 atom stereocenters. The fraction of sp³-hybridized carbons (Fsp3) is 0.118. The first kappa shape index (κ1) is 14.3. The van der Waals surface area contributed by atoms with Crippen LogP contribution in [-0.2, 0) is 0 Å². The molecule has 3 heteroatoms. The van der Waals surface area contributed by atoms with Crippen molar-refractivity contribution in [3.05, 3.63) is 60.2 Å². The van der Waals surface area contributed by atoms with E-state index in [1.807, 2.05) is 24.3 Å². The van der Waals surface area contributed by atoms with E-state index in [-0.39, 0.29) is 18.4 Å². The number of nitriles is 1. The van der Waals surface area contributed by atoms with Crippen molar-refractivity contribution in [2.75, 3.05) is 0 Å². The lowest BCUT2D eigenvalue weighted by Gasteiger charge is -2.14. The Hall–Kier alpha value is -2.08. The number of nitrogens with two attached hydrogens (primary N) is 1. The second-order valence-corrected chi connectivity index (χ2v) is 4.70. The SMILES string of the molecule is Cl.N#CC[C@H](N)c1cc2ccccc2c2ccccc12. The summed E-state index contributed by atoms with van der Waals surface area (Å²) < 4.78 is 0. The highest BCUT2D eigenvalue weighted by Gasteiger charge is 2.11. The molecule has 3 aromatic rings. The van der Waals surface area contributed by atoms with E-state index in [4.69, 9.17) is 11.0 Å². The molecule has 100 valence electrons. The van der Waals surface area contributed by atoms with Crippen LogP contribution in [-0.4, -0.2) is 0 Å².